The number of aryl methyl sites for hydroxylation is 3. The normalized spacial score (nSPS) is 18.4. The van der Waals surface area contributed by atoms with Gasteiger partial charge >= 0.3 is 0 Å². The third kappa shape index (κ3) is 3.66. The van der Waals surface area contributed by atoms with Gasteiger partial charge in [0, 0.05) is 31.9 Å². The molecule has 8 nitrogen and oxygen atoms in total. The zero-order valence-electron chi connectivity index (χ0n) is 22.2. The van der Waals surface area contributed by atoms with Gasteiger partial charge in [0.2, 0.25) is 0 Å². The van der Waals surface area contributed by atoms with Crippen LogP contribution in [0.2, 0.25) is 0 Å². The first-order valence-corrected chi connectivity index (χ1v) is 12.7. The molecule has 2 aliphatic rings. The summed E-state index contributed by atoms with van der Waals surface area (Å²) < 4.78 is 0. The predicted molar refractivity (Wildman–Crippen MR) is 149 cm³/mol. The van der Waals surface area contributed by atoms with Crippen LogP contribution in [0.1, 0.15) is 29.6 Å². The van der Waals surface area contributed by atoms with Crippen molar-refractivity contribution in [3.8, 4) is 0 Å². The van der Waals surface area contributed by atoms with Crippen LogP contribution in [0.15, 0.2) is 60.9 Å². The summed E-state index contributed by atoms with van der Waals surface area (Å²) in [4.78, 5) is 28.7. The Hall–Kier alpha value is -4.20. The fourth-order valence-electron chi connectivity index (χ4n) is 5.45. The monoisotopic (exact) mass is 492 g/mol. The van der Waals surface area contributed by atoms with Crippen LogP contribution in [0.25, 0.3) is 0 Å². The third-order valence-electron chi connectivity index (χ3n) is 7.62. The minimum absolute atomic E-state index is 0.0561. The molecule has 0 fully saturated rings. The van der Waals surface area contributed by atoms with Crippen LogP contribution >= 0.6 is 0 Å². The lowest BCUT2D eigenvalue weighted by molar-refractivity contribution is 0.636. The molecule has 188 valence electrons. The SMILES string of the molecule is Cc1cnc2c(n1)N(c1ccccc1C)C(Cc1ncc3c(n1)N(c1ccccc1C)C(C)N3C)N2C. The van der Waals surface area contributed by atoms with E-state index in [1.807, 2.05) is 19.3 Å². The van der Waals surface area contributed by atoms with Crippen molar-refractivity contribution in [1.82, 2.24) is 19.9 Å². The maximum atomic E-state index is 5.16. The molecule has 0 aliphatic carbocycles. The summed E-state index contributed by atoms with van der Waals surface area (Å²) in [5, 5.41) is 0. The van der Waals surface area contributed by atoms with E-state index in [9.17, 15) is 0 Å². The standard InChI is InChI=1S/C29H32N8/c1-18-11-7-9-13-22(18)36-21(4)34(5)24-17-30-25(33-27(24)36)15-26-35(6)28-29(32-20(3)16-31-28)37(26)23-14-10-8-12-19(23)2/h7-14,16-17,21,26H,15H2,1-6H3. The maximum Gasteiger partial charge on any atom is 0.178 e. The number of benzene rings is 2. The number of anilines is 6. The van der Waals surface area contributed by atoms with Gasteiger partial charge in [-0.1, -0.05) is 36.4 Å². The number of rotatable bonds is 4. The van der Waals surface area contributed by atoms with E-state index in [-0.39, 0.29) is 12.3 Å². The van der Waals surface area contributed by atoms with Gasteiger partial charge in [0.1, 0.15) is 23.8 Å². The van der Waals surface area contributed by atoms with Crippen molar-refractivity contribution in [2.75, 3.05) is 33.7 Å². The molecular formula is C29H32N8. The molecule has 37 heavy (non-hydrogen) atoms. The molecule has 4 heterocycles. The van der Waals surface area contributed by atoms with Gasteiger partial charge in [0.05, 0.1) is 18.1 Å². The van der Waals surface area contributed by atoms with E-state index in [0.29, 0.717) is 6.42 Å². The summed E-state index contributed by atoms with van der Waals surface area (Å²) in [6.45, 7) is 8.47. The van der Waals surface area contributed by atoms with Crippen LogP contribution in [0.4, 0.5) is 34.5 Å². The molecule has 0 spiro atoms. The molecule has 0 radical (unpaired) electrons. The van der Waals surface area contributed by atoms with E-state index < -0.39 is 0 Å². The Morgan fingerprint density at radius 2 is 1.32 bits per heavy atom. The first-order chi connectivity index (χ1) is 17.8. The lowest BCUT2D eigenvalue weighted by Crippen LogP contribution is -2.41. The van der Waals surface area contributed by atoms with Crippen LogP contribution in [0.3, 0.4) is 0 Å². The summed E-state index contributed by atoms with van der Waals surface area (Å²) in [5.74, 6) is 3.48. The molecule has 2 aromatic carbocycles. The van der Waals surface area contributed by atoms with Gasteiger partial charge in [0.15, 0.2) is 17.5 Å². The Morgan fingerprint density at radius 3 is 2.00 bits per heavy atom. The van der Waals surface area contributed by atoms with Crippen molar-refractivity contribution in [3.63, 3.8) is 0 Å². The first kappa shape index (κ1) is 23.2. The van der Waals surface area contributed by atoms with Crippen LogP contribution in [0, 0.1) is 20.8 Å². The molecule has 0 bridgehead atoms. The van der Waals surface area contributed by atoms with Gasteiger partial charge in [-0.15, -0.1) is 0 Å². The van der Waals surface area contributed by atoms with Gasteiger partial charge in [-0.05, 0) is 51.0 Å². The summed E-state index contributed by atoms with van der Waals surface area (Å²) in [6, 6.07) is 16.9. The van der Waals surface area contributed by atoms with E-state index in [1.165, 1.54) is 16.8 Å². The zero-order valence-corrected chi connectivity index (χ0v) is 22.2. The molecule has 0 saturated heterocycles. The molecule has 0 saturated carbocycles. The van der Waals surface area contributed by atoms with Crippen molar-refractivity contribution < 1.29 is 0 Å². The number of fused-ring (bicyclic) bond motifs is 2. The highest BCUT2D eigenvalue weighted by atomic mass is 15.5. The number of likely N-dealkylation sites (N-methyl/N-ethyl adjacent to an activating group) is 1. The topological polar surface area (TPSA) is 64.5 Å². The van der Waals surface area contributed by atoms with Crippen molar-refractivity contribution >= 4 is 34.5 Å². The molecule has 2 aliphatic heterocycles. The molecular weight excluding hydrogens is 460 g/mol. The minimum Gasteiger partial charge on any atom is -0.350 e. The predicted octanol–water partition coefficient (Wildman–Crippen LogP) is 5.28. The van der Waals surface area contributed by atoms with Crippen LogP contribution < -0.4 is 19.6 Å². The van der Waals surface area contributed by atoms with E-state index in [1.54, 1.807) is 0 Å². The van der Waals surface area contributed by atoms with Crippen molar-refractivity contribution in [3.05, 3.63) is 83.6 Å². The second-order valence-electron chi connectivity index (χ2n) is 10.0. The number of para-hydroxylation sites is 2. The fourth-order valence-corrected chi connectivity index (χ4v) is 5.45. The summed E-state index contributed by atoms with van der Waals surface area (Å²) in [7, 11) is 4.18. The quantitative estimate of drug-likeness (QED) is 0.381. The molecule has 2 atom stereocenters. The molecule has 8 heteroatoms. The number of nitrogens with zero attached hydrogens (tertiary/aromatic N) is 8. The zero-order chi connectivity index (χ0) is 25.8. The number of hydrogen-bond donors (Lipinski definition) is 0. The fraction of sp³-hybridized carbons (Fsp3) is 0.310. The second kappa shape index (κ2) is 8.73. The summed E-state index contributed by atoms with van der Waals surface area (Å²) in [6.07, 6.45) is 4.50. The Kier molecular flexibility index (Phi) is 5.47. The van der Waals surface area contributed by atoms with Crippen molar-refractivity contribution in [2.24, 2.45) is 0 Å². The van der Waals surface area contributed by atoms with E-state index >= 15 is 0 Å². The Balaban J connectivity index is 1.42. The second-order valence-corrected chi connectivity index (χ2v) is 10.0. The maximum absolute atomic E-state index is 5.16. The Bertz CT molecular complexity index is 1480. The van der Waals surface area contributed by atoms with Gasteiger partial charge in [-0.2, -0.15) is 0 Å². The summed E-state index contributed by atoms with van der Waals surface area (Å²) in [5.41, 5.74) is 6.63. The Morgan fingerprint density at radius 1 is 0.676 bits per heavy atom. The lowest BCUT2D eigenvalue weighted by Gasteiger charge is -2.31. The highest BCUT2D eigenvalue weighted by Crippen LogP contribution is 2.44. The highest BCUT2D eigenvalue weighted by molar-refractivity contribution is 5.81. The highest BCUT2D eigenvalue weighted by Gasteiger charge is 2.40. The summed E-state index contributed by atoms with van der Waals surface area (Å²) >= 11 is 0. The molecule has 4 aromatic rings. The van der Waals surface area contributed by atoms with Gasteiger partial charge in [0.25, 0.3) is 0 Å². The first-order valence-electron chi connectivity index (χ1n) is 12.7. The molecule has 2 aromatic heterocycles. The van der Waals surface area contributed by atoms with E-state index in [4.69, 9.17) is 19.9 Å². The molecule has 0 amide bonds. The van der Waals surface area contributed by atoms with Crippen LogP contribution in [-0.4, -0.2) is 46.4 Å². The van der Waals surface area contributed by atoms with Gasteiger partial charge < -0.3 is 19.6 Å². The molecule has 2 unspecified atom stereocenters. The average Bonchev–Trinajstić information content (AvgIpc) is 3.29. The molecule has 0 N–H and O–H groups in total. The largest absolute Gasteiger partial charge is 0.350 e. The van der Waals surface area contributed by atoms with E-state index in [0.717, 1.165) is 40.3 Å². The number of aromatic nitrogens is 4. The van der Waals surface area contributed by atoms with Gasteiger partial charge in [-0.25, -0.2) is 19.9 Å². The molecule has 6 rings (SSSR count). The Labute approximate surface area is 218 Å². The van der Waals surface area contributed by atoms with Crippen molar-refractivity contribution in [2.45, 2.75) is 46.4 Å². The lowest BCUT2D eigenvalue weighted by atomic mass is 10.1. The number of hydrogen-bond acceptors (Lipinski definition) is 8. The van der Waals surface area contributed by atoms with Crippen LogP contribution in [-0.2, 0) is 6.42 Å². The van der Waals surface area contributed by atoms with Gasteiger partial charge in [-0.3, -0.25) is 0 Å². The smallest absolute Gasteiger partial charge is 0.178 e. The van der Waals surface area contributed by atoms with Crippen molar-refractivity contribution in [1.29, 1.82) is 0 Å². The van der Waals surface area contributed by atoms with Crippen LogP contribution in [0.5, 0.6) is 0 Å². The average molecular weight is 493 g/mol. The third-order valence-corrected chi connectivity index (χ3v) is 7.62. The van der Waals surface area contributed by atoms with E-state index in [2.05, 4.69) is 103 Å². The minimum atomic E-state index is -0.0561.